The fourth-order valence-corrected chi connectivity index (χ4v) is 2.12. The van der Waals surface area contributed by atoms with Crippen LogP contribution >= 0.6 is 0 Å². The molecule has 3 nitrogen and oxygen atoms in total. The van der Waals surface area contributed by atoms with Crippen LogP contribution in [0.5, 0.6) is 0 Å². The van der Waals surface area contributed by atoms with E-state index in [1.165, 1.54) is 5.56 Å². The summed E-state index contributed by atoms with van der Waals surface area (Å²) in [5.74, 6) is 0.583. The highest BCUT2D eigenvalue weighted by Gasteiger charge is 2.28. The minimum Gasteiger partial charge on any atom is -0.373 e. The Labute approximate surface area is 90.9 Å². The fraction of sp³-hybridized carbons (Fsp3) is 0.583. The molecule has 0 radical (unpaired) electrons. The molecule has 0 aromatic carbocycles. The molecule has 0 spiro atoms. The third-order valence-electron chi connectivity index (χ3n) is 2.94. The number of nitrogens with one attached hydrogen (secondary N) is 1. The fourth-order valence-electron chi connectivity index (χ4n) is 2.12. The van der Waals surface area contributed by atoms with Crippen molar-refractivity contribution in [1.82, 2.24) is 10.3 Å². The predicted molar refractivity (Wildman–Crippen MR) is 59.7 cm³/mol. The van der Waals surface area contributed by atoms with Crippen molar-refractivity contribution < 1.29 is 4.74 Å². The van der Waals surface area contributed by atoms with Gasteiger partial charge in [-0.1, -0.05) is 6.07 Å². The van der Waals surface area contributed by atoms with Crippen LogP contribution in [0, 0.1) is 12.8 Å². The molecule has 15 heavy (non-hydrogen) atoms. The monoisotopic (exact) mass is 206 g/mol. The first-order chi connectivity index (χ1) is 7.31. The van der Waals surface area contributed by atoms with E-state index in [1.54, 1.807) is 0 Å². The molecule has 0 amide bonds. The van der Waals surface area contributed by atoms with Gasteiger partial charge < -0.3 is 10.1 Å². The normalized spacial score (nSPS) is 25.7. The lowest BCUT2D eigenvalue weighted by Crippen LogP contribution is -2.21. The molecule has 1 aromatic rings. The number of pyridine rings is 1. The van der Waals surface area contributed by atoms with Crippen molar-refractivity contribution in [2.24, 2.45) is 5.92 Å². The first kappa shape index (κ1) is 10.6. The molecule has 1 fully saturated rings. The van der Waals surface area contributed by atoms with Crippen LogP contribution in [0.4, 0.5) is 0 Å². The van der Waals surface area contributed by atoms with Gasteiger partial charge in [0.2, 0.25) is 0 Å². The molecule has 2 heterocycles. The quantitative estimate of drug-likeness (QED) is 0.817. The van der Waals surface area contributed by atoms with Crippen molar-refractivity contribution in [3.8, 4) is 0 Å². The number of hydrogen-bond acceptors (Lipinski definition) is 3. The number of hydrogen-bond donors (Lipinski definition) is 1. The topological polar surface area (TPSA) is 34.1 Å². The molecule has 1 aromatic heterocycles. The molecular weight excluding hydrogens is 188 g/mol. The number of aromatic nitrogens is 1. The van der Waals surface area contributed by atoms with Crippen LogP contribution in [0.3, 0.4) is 0 Å². The molecule has 82 valence electrons. The summed E-state index contributed by atoms with van der Waals surface area (Å²) in [7, 11) is 1.99. The molecule has 0 bridgehead atoms. The van der Waals surface area contributed by atoms with Crippen LogP contribution in [-0.4, -0.2) is 25.2 Å². The van der Waals surface area contributed by atoms with Crippen LogP contribution < -0.4 is 5.32 Å². The SMILES string of the molecule is CNCC1CCOC1c1ccc(C)nc1. The molecule has 3 heteroatoms. The van der Waals surface area contributed by atoms with Crippen molar-refractivity contribution in [3.05, 3.63) is 29.6 Å². The number of nitrogens with zero attached hydrogens (tertiary/aromatic N) is 1. The zero-order chi connectivity index (χ0) is 10.7. The highest BCUT2D eigenvalue weighted by Crippen LogP contribution is 2.33. The van der Waals surface area contributed by atoms with Gasteiger partial charge in [0.1, 0.15) is 0 Å². The van der Waals surface area contributed by atoms with E-state index in [0.717, 1.165) is 25.3 Å². The third kappa shape index (κ3) is 2.36. The van der Waals surface area contributed by atoms with E-state index in [2.05, 4.69) is 16.4 Å². The van der Waals surface area contributed by atoms with Gasteiger partial charge >= 0.3 is 0 Å². The Hall–Kier alpha value is -0.930. The summed E-state index contributed by atoms with van der Waals surface area (Å²) in [5.41, 5.74) is 2.26. The van der Waals surface area contributed by atoms with E-state index in [9.17, 15) is 0 Å². The number of aryl methyl sites for hydroxylation is 1. The molecular formula is C12H18N2O. The van der Waals surface area contributed by atoms with E-state index >= 15 is 0 Å². The van der Waals surface area contributed by atoms with Gasteiger partial charge in [-0.15, -0.1) is 0 Å². The first-order valence-electron chi connectivity index (χ1n) is 5.50. The van der Waals surface area contributed by atoms with Gasteiger partial charge in [0.15, 0.2) is 0 Å². The lowest BCUT2D eigenvalue weighted by atomic mass is 9.96. The maximum Gasteiger partial charge on any atom is 0.0880 e. The van der Waals surface area contributed by atoms with Gasteiger partial charge in [-0.25, -0.2) is 0 Å². The molecule has 1 aliphatic heterocycles. The molecule has 2 unspecified atom stereocenters. The molecule has 1 aliphatic rings. The maximum absolute atomic E-state index is 5.76. The summed E-state index contributed by atoms with van der Waals surface area (Å²) >= 11 is 0. The highest BCUT2D eigenvalue weighted by atomic mass is 16.5. The lowest BCUT2D eigenvalue weighted by Gasteiger charge is -2.18. The Balaban J connectivity index is 2.11. The average molecular weight is 206 g/mol. The van der Waals surface area contributed by atoms with Crippen LogP contribution in [0.1, 0.15) is 23.8 Å². The van der Waals surface area contributed by atoms with Crippen LogP contribution in [-0.2, 0) is 4.74 Å². The molecule has 0 aliphatic carbocycles. The summed E-state index contributed by atoms with van der Waals surface area (Å²) in [6.07, 6.45) is 3.30. The van der Waals surface area contributed by atoms with Gasteiger partial charge in [0.05, 0.1) is 6.10 Å². The Kier molecular flexibility index (Phi) is 3.34. The zero-order valence-corrected chi connectivity index (χ0v) is 9.36. The van der Waals surface area contributed by atoms with Gasteiger partial charge in [0.25, 0.3) is 0 Å². The summed E-state index contributed by atoms with van der Waals surface area (Å²) in [4.78, 5) is 4.32. The second-order valence-electron chi connectivity index (χ2n) is 4.13. The van der Waals surface area contributed by atoms with E-state index < -0.39 is 0 Å². The van der Waals surface area contributed by atoms with Crippen LogP contribution in [0.15, 0.2) is 18.3 Å². The van der Waals surface area contributed by atoms with E-state index in [4.69, 9.17) is 4.74 Å². The smallest absolute Gasteiger partial charge is 0.0880 e. The Bertz CT molecular complexity index is 310. The van der Waals surface area contributed by atoms with E-state index in [-0.39, 0.29) is 6.10 Å². The van der Waals surface area contributed by atoms with Crippen LogP contribution in [0.25, 0.3) is 0 Å². The van der Waals surface area contributed by atoms with E-state index in [0.29, 0.717) is 5.92 Å². The molecule has 1 saturated heterocycles. The average Bonchev–Trinajstić information content (AvgIpc) is 2.68. The molecule has 2 atom stereocenters. The van der Waals surface area contributed by atoms with Crippen molar-refractivity contribution >= 4 is 0 Å². The summed E-state index contributed by atoms with van der Waals surface area (Å²) in [6.45, 7) is 3.88. The van der Waals surface area contributed by atoms with E-state index in [1.807, 2.05) is 26.2 Å². The Morgan fingerprint density at radius 1 is 1.53 bits per heavy atom. The highest BCUT2D eigenvalue weighted by molar-refractivity contribution is 5.17. The second-order valence-corrected chi connectivity index (χ2v) is 4.13. The lowest BCUT2D eigenvalue weighted by molar-refractivity contribution is 0.0907. The van der Waals surface area contributed by atoms with Crippen LogP contribution in [0.2, 0.25) is 0 Å². The molecule has 2 rings (SSSR count). The molecule has 0 saturated carbocycles. The minimum absolute atomic E-state index is 0.227. The van der Waals surface area contributed by atoms with Gasteiger partial charge in [-0.2, -0.15) is 0 Å². The number of ether oxygens (including phenoxy) is 1. The van der Waals surface area contributed by atoms with Crippen molar-refractivity contribution in [3.63, 3.8) is 0 Å². The van der Waals surface area contributed by atoms with Crippen molar-refractivity contribution in [1.29, 1.82) is 0 Å². The Morgan fingerprint density at radius 3 is 3.07 bits per heavy atom. The zero-order valence-electron chi connectivity index (χ0n) is 9.36. The van der Waals surface area contributed by atoms with Crippen molar-refractivity contribution in [2.45, 2.75) is 19.4 Å². The summed E-state index contributed by atoms with van der Waals surface area (Å²) < 4.78 is 5.76. The predicted octanol–water partition coefficient (Wildman–Crippen LogP) is 1.69. The standard InChI is InChI=1S/C12H18N2O/c1-9-3-4-10(8-14-9)12-11(7-13-2)5-6-15-12/h3-4,8,11-13H,5-7H2,1-2H3. The molecule has 1 N–H and O–H groups in total. The largest absolute Gasteiger partial charge is 0.373 e. The van der Waals surface area contributed by atoms with Crippen molar-refractivity contribution in [2.75, 3.05) is 20.2 Å². The van der Waals surface area contributed by atoms with Gasteiger partial charge in [0, 0.05) is 31.0 Å². The van der Waals surface area contributed by atoms with Gasteiger partial charge in [-0.05, 0) is 32.0 Å². The third-order valence-corrected chi connectivity index (χ3v) is 2.94. The van der Waals surface area contributed by atoms with Gasteiger partial charge in [-0.3, -0.25) is 4.98 Å². The second kappa shape index (κ2) is 4.73. The Morgan fingerprint density at radius 2 is 2.40 bits per heavy atom. The number of rotatable bonds is 3. The first-order valence-corrected chi connectivity index (χ1v) is 5.50. The summed E-state index contributed by atoms with van der Waals surface area (Å²) in [5, 5.41) is 3.22. The minimum atomic E-state index is 0.227. The summed E-state index contributed by atoms with van der Waals surface area (Å²) in [6, 6.07) is 4.18. The maximum atomic E-state index is 5.76.